The van der Waals surface area contributed by atoms with E-state index in [1.807, 2.05) is 23.6 Å². The van der Waals surface area contributed by atoms with Crippen molar-refractivity contribution < 1.29 is 9.38 Å². The zero-order valence-electron chi connectivity index (χ0n) is 14.9. The molecule has 2 unspecified atom stereocenters. The fourth-order valence-corrected chi connectivity index (χ4v) is 4.13. The van der Waals surface area contributed by atoms with E-state index in [1.165, 1.54) is 6.33 Å². The van der Waals surface area contributed by atoms with Gasteiger partial charge in [0, 0.05) is 18.0 Å². The summed E-state index contributed by atoms with van der Waals surface area (Å²) >= 11 is 0. The zero-order valence-corrected chi connectivity index (χ0v) is 14.9. The van der Waals surface area contributed by atoms with Crippen molar-refractivity contribution in [2.45, 2.75) is 32.3 Å². The van der Waals surface area contributed by atoms with E-state index >= 15 is 0 Å². The smallest absolute Gasteiger partial charge is 0.291 e. The Morgan fingerprint density at radius 1 is 1.48 bits per heavy atom. The monoisotopic (exact) mass is 344 g/mol. The predicted molar refractivity (Wildman–Crippen MR) is 95.1 cm³/mol. The molecule has 1 N–H and O–H groups in total. The maximum Gasteiger partial charge on any atom is 0.291 e. The molecule has 0 bridgehead atoms. The fourth-order valence-electron chi connectivity index (χ4n) is 4.13. The van der Waals surface area contributed by atoms with Gasteiger partial charge in [-0.2, -0.15) is 5.10 Å². The topological polar surface area (TPSA) is 86.9 Å². The lowest BCUT2D eigenvalue weighted by Crippen LogP contribution is -2.61. The molecule has 8 nitrogen and oxygen atoms in total. The molecule has 2 aromatic heterocycles. The highest BCUT2D eigenvalue weighted by molar-refractivity contribution is 5.93. The van der Waals surface area contributed by atoms with Crippen LogP contribution in [0, 0.1) is 18.0 Å². The molecule has 8 heteroatoms. The maximum atomic E-state index is 12.6. The van der Waals surface area contributed by atoms with Crippen molar-refractivity contribution in [3.63, 3.8) is 0 Å². The van der Waals surface area contributed by atoms with Crippen molar-refractivity contribution in [2.75, 3.05) is 32.0 Å². The Kier molecular flexibility index (Phi) is 3.69. The molecule has 0 amide bonds. The molecule has 1 spiro atoms. The molecule has 0 radical (unpaired) electrons. The Bertz CT molecular complexity index is 830. The van der Waals surface area contributed by atoms with Gasteiger partial charge in [-0.05, 0) is 25.5 Å². The molecule has 0 aromatic carbocycles. The molecule has 4 heterocycles. The second-order valence-corrected chi connectivity index (χ2v) is 7.37. The SMILES string of the molecule is CCC1CC[N+](C)([O-])C[C@@]12CN=C(Nc1ncnn3c(C)ccc13)O2. The number of ether oxygens (including phenoxy) is 1. The highest BCUT2D eigenvalue weighted by atomic mass is 16.6. The summed E-state index contributed by atoms with van der Waals surface area (Å²) in [4.78, 5) is 8.87. The summed E-state index contributed by atoms with van der Waals surface area (Å²) in [5.74, 6) is 0.999. The number of aliphatic imine (C=N–C) groups is 1. The van der Waals surface area contributed by atoms with Crippen molar-refractivity contribution in [1.82, 2.24) is 14.6 Å². The van der Waals surface area contributed by atoms with Crippen LogP contribution in [0.3, 0.4) is 0 Å². The van der Waals surface area contributed by atoms with Gasteiger partial charge in [0.2, 0.25) is 0 Å². The van der Waals surface area contributed by atoms with Gasteiger partial charge in [0.25, 0.3) is 6.02 Å². The number of fused-ring (bicyclic) bond motifs is 1. The van der Waals surface area contributed by atoms with E-state index in [1.54, 1.807) is 7.05 Å². The van der Waals surface area contributed by atoms with Crippen LogP contribution in [-0.4, -0.2) is 57.5 Å². The van der Waals surface area contributed by atoms with E-state index in [0.29, 0.717) is 37.4 Å². The Balaban J connectivity index is 1.57. The van der Waals surface area contributed by atoms with Crippen LogP contribution >= 0.6 is 0 Å². The predicted octanol–water partition coefficient (Wildman–Crippen LogP) is 1.95. The molecule has 2 aliphatic rings. The summed E-state index contributed by atoms with van der Waals surface area (Å²) < 4.78 is 7.79. The number of nitrogens with zero attached hydrogens (tertiary/aromatic N) is 5. The maximum absolute atomic E-state index is 12.6. The van der Waals surface area contributed by atoms with E-state index in [0.717, 1.165) is 24.1 Å². The summed E-state index contributed by atoms with van der Waals surface area (Å²) in [5, 5.41) is 20.0. The molecular weight excluding hydrogens is 320 g/mol. The van der Waals surface area contributed by atoms with E-state index < -0.39 is 5.60 Å². The van der Waals surface area contributed by atoms with Crippen molar-refractivity contribution >= 4 is 17.4 Å². The number of piperidine rings is 1. The molecule has 0 saturated carbocycles. The molecule has 2 aliphatic heterocycles. The van der Waals surface area contributed by atoms with Crippen molar-refractivity contribution in [2.24, 2.45) is 10.9 Å². The third-order valence-corrected chi connectivity index (χ3v) is 5.45. The van der Waals surface area contributed by atoms with E-state index in [2.05, 4.69) is 27.3 Å². The van der Waals surface area contributed by atoms with Gasteiger partial charge in [0.15, 0.2) is 11.4 Å². The van der Waals surface area contributed by atoms with Crippen molar-refractivity contribution in [3.8, 4) is 0 Å². The summed E-state index contributed by atoms with van der Waals surface area (Å²) in [6, 6.07) is 4.40. The molecule has 1 saturated heterocycles. The van der Waals surface area contributed by atoms with Gasteiger partial charge in [0.1, 0.15) is 18.4 Å². The molecule has 1 fully saturated rings. The summed E-state index contributed by atoms with van der Waals surface area (Å²) in [6.45, 7) is 5.74. The van der Waals surface area contributed by atoms with Gasteiger partial charge >= 0.3 is 0 Å². The standard InChI is InChI=1S/C17H24N6O2/c1-4-13-7-8-23(3,24)10-17(13)9-18-16(25-17)21-15-14-6-5-12(2)22(14)20-11-19-15/h5-6,11,13H,4,7-10H2,1-3H3,(H,18,19,20,21)/t13?,17-,23?/m0/s1. The van der Waals surface area contributed by atoms with E-state index in [4.69, 9.17) is 4.74 Å². The van der Waals surface area contributed by atoms with Crippen LogP contribution in [0.4, 0.5) is 5.82 Å². The average Bonchev–Trinajstić information content (AvgIpc) is 3.13. The van der Waals surface area contributed by atoms with Gasteiger partial charge in [-0.25, -0.2) is 14.5 Å². The van der Waals surface area contributed by atoms with Crippen LogP contribution in [0.2, 0.25) is 0 Å². The lowest BCUT2D eigenvalue weighted by molar-refractivity contribution is -0.874. The Hall–Kier alpha value is -2.19. The number of likely N-dealkylation sites (tertiary alicyclic amines) is 1. The lowest BCUT2D eigenvalue weighted by Gasteiger charge is -2.51. The minimum atomic E-state index is -0.507. The summed E-state index contributed by atoms with van der Waals surface area (Å²) in [7, 11) is 1.72. The van der Waals surface area contributed by atoms with Gasteiger partial charge < -0.3 is 14.6 Å². The van der Waals surface area contributed by atoms with Gasteiger partial charge in [-0.15, -0.1) is 0 Å². The normalized spacial score (nSPS) is 32.0. The number of rotatable bonds is 2. The van der Waals surface area contributed by atoms with Crippen molar-refractivity contribution in [1.29, 1.82) is 0 Å². The number of nitrogens with one attached hydrogen (secondary N) is 1. The largest absolute Gasteiger partial charge is 0.633 e. The van der Waals surface area contributed by atoms with Crippen LogP contribution < -0.4 is 5.32 Å². The highest BCUT2D eigenvalue weighted by Gasteiger charge is 2.51. The van der Waals surface area contributed by atoms with Gasteiger partial charge in [-0.1, -0.05) is 6.92 Å². The number of hydroxylamine groups is 3. The van der Waals surface area contributed by atoms with Crippen LogP contribution in [0.15, 0.2) is 23.5 Å². The molecule has 3 atom stereocenters. The fraction of sp³-hybridized carbons (Fsp3) is 0.588. The van der Waals surface area contributed by atoms with Gasteiger partial charge in [-0.3, -0.25) is 5.32 Å². The first-order valence-electron chi connectivity index (χ1n) is 8.78. The Morgan fingerprint density at radius 2 is 2.32 bits per heavy atom. The highest BCUT2D eigenvalue weighted by Crippen LogP contribution is 2.38. The number of hydrogen-bond acceptors (Lipinski definition) is 6. The number of hydrogen-bond donors (Lipinski definition) is 1. The number of likely N-dealkylation sites (N-methyl/N-ethyl adjacent to an activating group) is 1. The second-order valence-electron chi connectivity index (χ2n) is 7.37. The minimum absolute atomic E-state index is 0.269. The van der Waals surface area contributed by atoms with Crippen molar-refractivity contribution in [3.05, 3.63) is 29.4 Å². The minimum Gasteiger partial charge on any atom is -0.633 e. The molecular formula is C17H24N6O2. The first-order valence-corrected chi connectivity index (χ1v) is 8.78. The summed E-state index contributed by atoms with van der Waals surface area (Å²) in [6.07, 6.45) is 3.36. The van der Waals surface area contributed by atoms with Crippen LogP contribution in [0.25, 0.3) is 5.52 Å². The molecule has 0 aliphatic carbocycles. The van der Waals surface area contributed by atoms with Crippen LogP contribution in [0.5, 0.6) is 0 Å². The Labute approximate surface area is 146 Å². The molecule has 4 rings (SSSR count). The molecule has 2 aromatic rings. The summed E-state index contributed by atoms with van der Waals surface area (Å²) in [5.41, 5.74) is 1.39. The Morgan fingerprint density at radius 3 is 3.12 bits per heavy atom. The number of aryl methyl sites for hydroxylation is 1. The lowest BCUT2D eigenvalue weighted by atomic mass is 9.79. The van der Waals surface area contributed by atoms with Gasteiger partial charge in [0.05, 0.1) is 20.1 Å². The molecule has 25 heavy (non-hydrogen) atoms. The zero-order chi connectivity index (χ0) is 17.7. The van der Waals surface area contributed by atoms with Crippen LogP contribution in [0.1, 0.15) is 25.5 Å². The van der Waals surface area contributed by atoms with E-state index in [9.17, 15) is 5.21 Å². The average molecular weight is 344 g/mol. The van der Waals surface area contributed by atoms with E-state index in [-0.39, 0.29) is 4.65 Å². The first kappa shape index (κ1) is 16.3. The van der Waals surface area contributed by atoms with Crippen LogP contribution in [-0.2, 0) is 4.74 Å². The first-order chi connectivity index (χ1) is 11.9. The number of amidine groups is 1. The molecule has 134 valence electrons. The second kappa shape index (κ2) is 5.67. The quantitative estimate of drug-likeness (QED) is 0.665. The number of quaternary nitrogens is 1. The third-order valence-electron chi connectivity index (χ3n) is 5.45. The number of anilines is 1. The third kappa shape index (κ3) is 2.75. The number of aromatic nitrogens is 3.